The van der Waals surface area contributed by atoms with E-state index < -0.39 is 0 Å². The molecule has 0 spiro atoms. The number of aromatic nitrogens is 1. The predicted octanol–water partition coefficient (Wildman–Crippen LogP) is 16.3. The van der Waals surface area contributed by atoms with Gasteiger partial charge in [-0.05, 0) is 111 Å². The third-order valence-electron chi connectivity index (χ3n) is 11.9. The summed E-state index contributed by atoms with van der Waals surface area (Å²) in [7, 11) is 0. The highest BCUT2D eigenvalue weighted by Gasteiger charge is 2.19. The molecule has 0 aliphatic heterocycles. The summed E-state index contributed by atoms with van der Waals surface area (Å²) in [5, 5.41) is 10.1. The van der Waals surface area contributed by atoms with Crippen molar-refractivity contribution in [2.24, 2.45) is 0 Å². The van der Waals surface area contributed by atoms with Gasteiger partial charge in [0.25, 0.3) is 0 Å². The van der Waals surface area contributed by atoms with Crippen LogP contribution >= 0.6 is 11.3 Å². The van der Waals surface area contributed by atoms with Crippen LogP contribution in [0.2, 0.25) is 0 Å². The molecule has 276 valence electrons. The number of para-hydroxylation sites is 1. The summed E-state index contributed by atoms with van der Waals surface area (Å²) in [5.74, 6) is 0. The SMILES string of the molecule is c1ccc(-c2ccc(N(c3ccc(-c4cc(-n5c6ccccc6c6cc7ccccc7cc65)cc5c4sc4ccccc45)cc3)c3ccc4ccccc4c3)cc2)cc1. The Hall–Kier alpha value is -7.46. The van der Waals surface area contributed by atoms with Gasteiger partial charge in [-0.1, -0.05) is 146 Å². The molecule has 12 rings (SSSR count). The maximum atomic E-state index is 2.47. The molecule has 3 heteroatoms. The van der Waals surface area contributed by atoms with Crippen LogP contribution in [0.15, 0.2) is 218 Å². The molecule has 0 saturated heterocycles. The summed E-state index contributed by atoms with van der Waals surface area (Å²) >= 11 is 1.88. The Morgan fingerprint density at radius 2 is 0.915 bits per heavy atom. The van der Waals surface area contributed by atoms with Crippen LogP contribution in [0.5, 0.6) is 0 Å². The van der Waals surface area contributed by atoms with E-state index in [4.69, 9.17) is 0 Å². The standard InChI is InChI=1S/C56H36N2S/c1-2-12-37(13-3-1)39-22-27-44(28-23-39)57(46-31-24-38-14-4-5-15-41(38)32-46)45-29-25-40(26-30-45)50-35-47(36-52-49-19-9-11-21-55(49)59-56(50)52)58-53-20-10-8-18-48(53)51-33-42-16-6-7-17-43(42)34-54(51)58/h1-36H. The van der Waals surface area contributed by atoms with Crippen LogP contribution in [0, 0.1) is 0 Å². The second-order valence-corrected chi connectivity index (χ2v) is 16.4. The number of thiophene rings is 1. The van der Waals surface area contributed by atoms with E-state index in [-0.39, 0.29) is 0 Å². The number of benzene rings is 10. The van der Waals surface area contributed by atoms with Crippen molar-refractivity contribution in [3.05, 3.63) is 218 Å². The first-order valence-electron chi connectivity index (χ1n) is 20.2. The summed E-state index contributed by atoms with van der Waals surface area (Å²) in [6.45, 7) is 0. The lowest BCUT2D eigenvalue weighted by atomic mass is 10.0. The van der Waals surface area contributed by atoms with Crippen LogP contribution < -0.4 is 4.90 Å². The molecule has 2 heterocycles. The van der Waals surface area contributed by atoms with Crippen LogP contribution in [0.1, 0.15) is 0 Å². The normalized spacial score (nSPS) is 11.7. The average Bonchev–Trinajstić information content (AvgIpc) is 3.84. The van der Waals surface area contributed by atoms with Crippen molar-refractivity contribution in [3.8, 4) is 27.9 Å². The van der Waals surface area contributed by atoms with E-state index in [9.17, 15) is 0 Å². The van der Waals surface area contributed by atoms with Gasteiger partial charge in [0.2, 0.25) is 0 Å². The molecule has 59 heavy (non-hydrogen) atoms. The minimum absolute atomic E-state index is 1.11. The van der Waals surface area contributed by atoms with Crippen LogP contribution in [-0.2, 0) is 0 Å². The zero-order valence-electron chi connectivity index (χ0n) is 32.1. The topological polar surface area (TPSA) is 8.17 Å². The second-order valence-electron chi connectivity index (χ2n) is 15.4. The Labute approximate surface area is 346 Å². The molecule has 0 aliphatic rings. The second kappa shape index (κ2) is 13.6. The van der Waals surface area contributed by atoms with Crippen LogP contribution in [0.25, 0.3) is 91.5 Å². The van der Waals surface area contributed by atoms with E-state index in [0.717, 1.165) is 22.7 Å². The Balaban J connectivity index is 1.04. The molecule has 0 amide bonds. The van der Waals surface area contributed by atoms with Crippen molar-refractivity contribution in [2.45, 2.75) is 0 Å². The van der Waals surface area contributed by atoms with Crippen LogP contribution in [0.3, 0.4) is 0 Å². The summed E-state index contributed by atoms with van der Waals surface area (Å²) in [5.41, 5.74) is 11.8. The molecule has 0 aliphatic carbocycles. The maximum absolute atomic E-state index is 2.47. The molecular formula is C56H36N2S. The molecule has 10 aromatic carbocycles. The monoisotopic (exact) mass is 768 g/mol. The molecule has 0 fully saturated rings. The first-order valence-corrected chi connectivity index (χ1v) is 21.0. The van der Waals surface area contributed by atoms with Gasteiger partial charge in [0.05, 0.1) is 11.0 Å². The predicted molar refractivity (Wildman–Crippen MR) is 254 cm³/mol. The quantitative estimate of drug-likeness (QED) is 0.164. The largest absolute Gasteiger partial charge is 0.310 e. The smallest absolute Gasteiger partial charge is 0.0547 e. The summed E-state index contributed by atoms with van der Waals surface area (Å²) in [6, 6.07) is 80.0. The zero-order valence-corrected chi connectivity index (χ0v) is 32.9. The Kier molecular flexibility index (Phi) is 7.75. The molecule has 12 aromatic rings. The van der Waals surface area contributed by atoms with E-state index in [1.54, 1.807) is 0 Å². The lowest BCUT2D eigenvalue weighted by Crippen LogP contribution is -2.09. The molecule has 2 nitrogen and oxygen atoms in total. The number of anilines is 3. The fraction of sp³-hybridized carbons (Fsp3) is 0. The van der Waals surface area contributed by atoms with Gasteiger partial charge < -0.3 is 9.47 Å². The highest BCUT2D eigenvalue weighted by Crippen LogP contribution is 2.45. The van der Waals surface area contributed by atoms with Crippen molar-refractivity contribution < 1.29 is 0 Å². The average molecular weight is 769 g/mol. The molecule has 0 radical (unpaired) electrons. The van der Waals surface area contributed by atoms with Crippen molar-refractivity contribution in [2.75, 3.05) is 4.90 Å². The van der Waals surface area contributed by atoms with Crippen LogP contribution in [0.4, 0.5) is 17.1 Å². The first-order chi connectivity index (χ1) is 29.2. The molecule has 0 atom stereocenters. The Morgan fingerprint density at radius 3 is 1.68 bits per heavy atom. The van der Waals surface area contributed by atoms with Gasteiger partial charge in [-0.2, -0.15) is 0 Å². The molecule has 0 bridgehead atoms. The zero-order chi connectivity index (χ0) is 38.9. The lowest BCUT2D eigenvalue weighted by molar-refractivity contribution is 1.19. The number of hydrogen-bond acceptors (Lipinski definition) is 2. The van der Waals surface area contributed by atoms with E-state index in [2.05, 4.69) is 228 Å². The molecule has 2 aromatic heterocycles. The van der Waals surface area contributed by atoms with Gasteiger partial charge in [-0.15, -0.1) is 11.3 Å². The van der Waals surface area contributed by atoms with Crippen molar-refractivity contribution in [3.63, 3.8) is 0 Å². The van der Waals surface area contributed by atoms with E-state index in [1.165, 1.54) is 85.8 Å². The number of rotatable bonds is 6. The van der Waals surface area contributed by atoms with E-state index in [0.29, 0.717) is 0 Å². The Morgan fingerprint density at radius 1 is 0.339 bits per heavy atom. The lowest BCUT2D eigenvalue weighted by Gasteiger charge is -2.26. The van der Waals surface area contributed by atoms with Crippen molar-refractivity contribution in [1.29, 1.82) is 0 Å². The number of nitrogens with zero attached hydrogens (tertiary/aromatic N) is 2. The highest BCUT2D eigenvalue weighted by molar-refractivity contribution is 7.26. The number of fused-ring (bicyclic) bond motifs is 8. The Bertz CT molecular complexity index is 3540. The third kappa shape index (κ3) is 5.62. The van der Waals surface area contributed by atoms with Gasteiger partial charge in [0, 0.05) is 59.3 Å². The van der Waals surface area contributed by atoms with Gasteiger partial charge >= 0.3 is 0 Å². The van der Waals surface area contributed by atoms with Crippen LogP contribution in [-0.4, -0.2) is 4.57 Å². The molecule has 0 N–H and O–H groups in total. The molecular weight excluding hydrogens is 733 g/mol. The minimum atomic E-state index is 1.11. The fourth-order valence-corrected chi connectivity index (χ4v) is 10.3. The first kappa shape index (κ1) is 33.7. The highest BCUT2D eigenvalue weighted by atomic mass is 32.1. The maximum Gasteiger partial charge on any atom is 0.0547 e. The van der Waals surface area contributed by atoms with Gasteiger partial charge in [0.15, 0.2) is 0 Å². The summed E-state index contributed by atoms with van der Waals surface area (Å²) < 4.78 is 5.07. The van der Waals surface area contributed by atoms with Crippen molar-refractivity contribution >= 4 is 91.9 Å². The van der Waals surface area contributed by atoms with Gasteiger partial charge in [-0.3, -0.25) is 0 Å². The number of hydrogen-bond donors (Lipinski definition) is 0. The molecule has 0 unspecified atom stereocenters. The summed E-state index contributed by atoms with van der Waals surface area (Å²) in [6.07, 6.45) is 0. The minimum Gasteiger partial charge on any atom is -0.310 e. The van der Waals surface area contributed by atoms with Crippen molar-refractivity contribution in [1.82, 2.24) is 4.57 Å². The van der Waals surface area contributed by atoms with E-state index in [1.807, 2.05) is 11.3 Å². The third-order valence-corrected chi connectivity index (χ3v) is 13.1. The fourth-order valence-electron chi connectivity index (χ4n) is 9.08. The van der Waals surface area contributed by atoms with Gasteiger partial charge in [-0.25, -0.2) is 0 Å². The van der Waals surface area contributed by atoms with Gasteiger partial charge in [0.1, 0.15) is 0 Å². The summed E-state index contributed by atoms with van der Waals surface area (Å²) in [4.78, 5) is 2.37. The molecule has 0 saturated carbocycles. The van der Waals surface area contributed by atoms with E-state index >= 15 is 0 Å².